The minimum atomic E-state index is 0.448. The molecule has 1 atom stereocenters. The Kier molecular flexibility index (Phi) is 4.50. The van der Waals surface area contributed by atoms with Crippen molar-refractivity contribution in [2.75, 3.05) is 0 Å². The first-order chi connectivity index (χ1) is 8.46. The van der Waals surface area contributed by atoms with Crippen LogP contribution in [0, 0.1) is 5.41 Å². The van der Waals surface area contributed by atoms with Crippen molar-refractivity contribution < 1.29 is 0 Å². The molecule has 0 saturated heterocycles. The Hall–Kier alpha value is -0.340. The summed E-state index contributed by atoms with van der Waals surface area (Å²) in [6.07, 6.45) is 5.32. The third-order valence-electron chi connectivity index (χ3n) is 4.19. The van der Waals surface area contributed by atoms with Gasteiger partial charge in [0.1, 0.15) is 0 Å². The maximum Gasteiger partial charge on any atom is 0.0294 e. The Balaban J connectivity index is 1.88. The molecule has 1 aromatic carbocycles. The van der Waals surface area contributed by atoms with E-state index in [1.165, 1.54) is 31.2 Å². The second-order valence-electron chi connectivity index (χ2n) is 6.38. The fourth-order valence-electron chi connectivity index (χ4n) is 2.77. The zero-order valence-corrected chi connectivity index (χ0v) is 13.3. The van der Waals surface area contributed by atoms with Crippen molar-refractivity contribution >= 4 is 15.9 Å². The van der Waals surface area contributed by atoms with Crippen LogP contribution in [0.3, 0.4) is 0 Å². The number of nitrogens with one attached hydrogen (secondary N) is 1. The van der Waals surface area contributed by atoms with Gasteiger partial charge in [-0.2, -0.15) is 0 Å². The first-order valence-electron chi connectivity index (χ1n) is 6.98. The third kappa shape index (κ3) is 3.83. The van der Waals surface area contributed by atoms with Crippen LogP contribution in [0.25, 0.3) is 0 Å². The van der Waals surface area contributed by atoms with Crippen LogP contribution in [0.15, 0.2) is 28.7 Å². The monoisotopic (exact) mass is 309 g/mol. The largest absolute Gasteiger partial charge is 0.307 e. The molecule has 0 aliphatic heterocycles. The fraction of sp³-hybridized carbons (Fsp3) is 0.625. The Morgan fingerprint density at radius 1 is 1.17 bits per heavy atom. The first-order valence-corrected chi connectivity index (χ1v) is 7.77. The van der Waals surface area contributed by atoms with Crippen molar-refractivity contribution in [1.82, 2.24) is 5.32 Å². The zero-order chi connectivity index (χ0) is 13.2. The molecule has 1 N–H and O–H groups in total. The smallest absolute Gasteiger partial charge is 0.0294 e. The Morgan fingerprint density at radius 3 is 2.28 bits per heavy atom. The number of hydrogen-bond acceptors (Lipinski definition) is 1. The van der Waals surface area contributed by atoms with Gasteiger partial charge in [0.2, 0.25) is 0 Å². The summed E-state index contributed by atoms with van der Waals surface area (Å²) < 4.78 is 1.15. The van der Waals surface area contributed by atoms with Gasteiger partial charge in [-0.1, -0.05) is 41.9 Å². The maximum atomic E-state index is 3.78. The molecular weight excluding hydrogens is 286 g/mol. The number of hydrogen-bond donors (Lipinski definition) is 1. The van der Waals surface area contributed by atoms with Crippen molar-refractivity contribution in [3.63, 3.8) is 0 Å². The van der Waals surface area contributed by atoms with Gasteiger partial charge < -0.3 is 5.32 Å². The summed E-state index contributed by atoms with van der Waals surface area (Å²) in [5.74, 6) is 0. The van der Waals surface area contributed by atoms with Crippen LogP contribution >= 0.6 is 15.9 Å². The van der Waals surface area contributed by atoms with E-state index in [-0.39, 0.29) is 0 Å². The van der Waals surface area contributed by atoms with Gasteiger partial charge in [0.15, 0.2) is 0 Å². The van der Waals surface area contributed by atoms with Crippen LogP contribution in [0.4, 0.5) is 0 Å². The lowest BCUT2D eigenvalue weighted by molar-refractivity contribution is 0.200. The molecular formula is C16H24BrN. The van der Waals surface area contributed by atoms with E-state index in [0.717, 1.165) is 4.47 Å². The minimum Gasteiger partial charge on any atom is -0.307 e. The SMILES string of the molecule is C[C@H](NC1CCC(C)(C)CC1)c1ccc(Br)cc1. The highest BCUT2D eigenvalue weighted by Gasteiger charge is 2.27. The van der Waals surface area contributed by atoms with E-state index in [1.807, 2.05) is 0 Å². The molecule has 2 heteroatoms. The summed E-state index contributed by atoms with van der Waals surface area (Å²) in [7, 11) is 0. The average Bonchev–Trinajstić information content (AvgIpc) is 2.33. The van der Waals surface area contributed by atoms with Crippen LogP contribution < -0.4 is 5.32 Å². The van der Waals surface area contributed by atoms with Crippen LogP contribution in [-0.2, 0) is 0 Å². The van der Waals surface area contributed by atoms with E-state index in [4.69, 9.17) is 0 Å². The summed E-state index contributed by atoms with van der Waals surface area (Å²) in [6, 6.07) is 9.79. The van der Waals surface area contributed by atoms with Crippen LogP contribution in [0.2, 0.25) is 0 Å². The number of benzene rings is 1. The highest BCUT2D eigenvalue weighted by molar-refractivity contribution is 9.10. The van der Waals surface area contributed by atoms with E-state index in [2.05, 4.69) is 66.3 Å². The Morgan fingerprint density at radius 2 is 1.72 bits per heavy atom. The molecule has 1 saturated carbocycles. The van der Waals surface area contributed by atoms with E-state index in [0.29, 0.717) is 17.5 Å². The van der Waals surface area contributed by atoms with Gasteiger partial charge in [0.05, 0.1) is 0 Å². The normalized spacial score (nSPS) is 21.8. The number of halogens is 1. The van der Waals surface area contributed by atoms with Crippen molar-refractivity contribution in [2.24, 2.45) is 5.41 Å². The van der Waals surface area contributed by atoms with Crippen molar-refractivity contribution in [3.8, 4) is 0 Å². The molecule has 1 aromatic rings. The molecule has 1 aliphatic carbocycles. The molecule has 18 heavy (non-hydrogen) atoms. The van der Waals surface area contributed by atoms with E-state index >= 15 is 0 Å². The maximum absolute atomic E-state index is 3.78. The minimum absolute atomic E-state index is 0.448. The molecule has 2 rings (SSSR count). The lowest BCUT2D eigenvalue weighted by atomic mass is 9.75. The van der Waals surface area contributed by atoms with Gasteiger partial charge in [-0.3, -0.25) is 0 Å². The predicted octanol–water partition coefficient (Wildman–Crippen LogP) is 5.07. The van der Waals surface area contributed by atoms with Gasteiger partial charge in [-0.15, -0.1) is 0 Å². The summed E-state index contributed by atoms with van der Waals surface area (Å²) in [4.78, 5) is 0. The molecule has 1 aliphatic rings. The average molecular weight is 310 g/mol. The van der Waals surface area contributed by atoms with Crippen molar-refractivity contribution in [3.05, 3.63) is 34.3 Å². The standard InChI is InChI=1S/C16H24BrN/c1-12(13-4-6-14(17)7-5-13)18-15-8-10-16(2,3)11-9-15/h4-7,12,15,18H,8-11H2,1-3H3/t12-/m0/s1. The van der Waals surface area contributed by atoms with Crippen LogP contribution in [-0.4, -0.2) is 6.04 Å². The van der Waals surface area contributed by atoms with E-state index in [1.54, 1.807) is 0 Å². The lowest BCUT2D eigenvalue weighted by Crippen LogP contribution is -2.36. The molecule has 100 valence electrons. The predicted molar refractivity (Wildman–Crippen MR) is 81.7 cm³/mol. The van der Waals surface area contributed by atoms with Crippen LogP contribution in [0.1, 0.15) is 58.1 Å². The Bertz CT molecular complexity index is 373. The van der Waals surface area contributed by atoms with E-state index in [9.17, 15) is 0 Å². The quantitative estimate of drug-likeness (QED) is 0.822. The van der Waals surface area contributed by atoms with Crippen LogP contribution in [0.5, 0.6) is 0 Å². The van der Waals surface area contributed by atoms with Gasteiger partial charge in [-0.25, -0.2) is 0 Å². The number of rotatable bonds is 3. The molecule has 0 radical (unpaired) electrons. The highest BCUT2D eigenvalue weighted by atomic mass is 79.9. The molecule has 0 aromatic heterocycles. The molecule has 0 spiro atoms. The fourth-order valence-corrected chi connectivity index (χ4v) is 3.03. The molecule has 0 bridgehead atoms. The van der Waals surface area contributed by atoms with Gasteiger partial charge in [-0.05, 0) is 55.7 Å². The van der Waals surface area contributed by atoms with Crippen molar-refractivity contribution in [2.45, 2.75) is 58.5 Å². The molecule has 0 unspecified atom stereocenters. The van der Waals surface area contributed by atoms with Gasteiger partial charge in [0.25, 0.3) is 0 Å². The second-order valence-corrected chi connectivity index (χ2v) is 7.29. The lowest BCUT2D eigenvalue weighted by Gasteiger charge is -2.36. The highest BCUT2D eigenvalue weighted by Crippen LogP contribution is 2.35. The Labute approximate surface area is 119 Å². The molecule has 0 amide bonds. The summed E-state index contributed by atoms with van der Waals surface area (Å²) in [6.45, 7) is 7.05. The summed E-state index contributed by atoms with van der Waals surface area (Å²) in [5, 5.41) is 3.78. The second kappa shape index (κ2) is 5.75. The third-order valence-corrected chi connectivity index (χ3v) is 4.72. The molecule has 0 heterocycles. The first kappa shape index (κ1) is 14.1. The zero-order valence-electron chi connectivity index (χ0n) is 11.7. The molecule has 1 fully saturated rings. The van der Waals surface area contributed by atoms with Crippen molar-refractivity contribution in [1.29, 1.82) is 0 Å². The summed E-state index contributed by atoms with van der Waals surface area (Å²) >= 11 is 3.49. The molecule has 1 nitrogen and oxygen atoms in total. The summed E-state index contributed by atoms with van der Waals surface area (Å²) in [5.41, 5.74) is 1.93. The van der Waals surface area contributed by atoms with E-state index < -0.39 is 0 Å². The van der Waals surface area contributed by atoms with Gasteiger partial charge >= 0.3 is 0 Å². The van der Waals surface area contributed by atoms with Gasteiger partial charge in [0, 0.05) is 16.6 Å². The topological polar surface area (TPSA) is 12.0 Å².